The third-order valence-electron chi connectivity index (χ3n) is 4.72. The Bertz CT molecular complexity index is 723. The average molecular weight is 390 g/mol. The average Bonchev–Trinajstić information content (AvgIpc) is 2.72. The second kappa shape index (κ2) is 11.5. The van der Waals surface area contributed by atoms with Crippen LogP contribution in [0.15, 0.2) is 42.5 Å². The molecule has 2 aromatic carbocycles. The van der Waals surface area contributed by atoms with Crippen molar-refractivity contribution < 1.29 is 19.0 Å². The van der Waals surface area contributed by atoms with Gasteiger partial charge in [-0.15, -0.1) is 0 Å². The minimum absolute atomic E-state index is 0.00619. The minimum Gasteiger partial charge on any atom is -0.497 e. The maximum Gasteiger partial charge on any atom is 0.165 e. The van der Waals surface area contributed by atoms with Gasteiger partial charge in [-0.3, -0.25) is 0 Å². The van der Waals surface area contributed by atoms with Crippen molar-refractivity contribution in [1.82, 2.24) is 4.90 Å². The number of anilines is 1. The first-order chi connectivity index (χ1) is 13.6. The molecule has 2 aromatic rings. The summed E-state index contributed by atoms with van der Waals surface area (Å²) in [5.74, 6) is 0.640. The van der Waals surface area contributed by atoms with E-state index in [-0.39, 0.29) is 18.2 Å². The molecular weight excluding hydrogens is 359 g/mol. The largest absolute Gasteiger partial charge is 0.497 e. The van der Waals surface area contributed by atoms with Crippen LogP contribution < -0.4 is 14.4 Å². The van der Waals surface area contributed by atoms with Crippen molar-refractivity contribution in [3.05, 3.63) is 53.8 Å². The highest BCUT2D eigenvalue weighted by Crippen LogP contribution is 2.24. The Balaban J connectivity index is 2.04. The number of nitrogens with zero attached hydrogens (tertiary/aromatic N) is 2. The molecule has 0 saturated carbocycles. The second-order valence-electron chi connectivity index (χ2n) is 6.49. The number of hydrogen-bond donors (Lipinski definition) is 1. The van der Waals surface area contributed by atoms with Gasteiger partial charge in [-0.1, -0.05) is 26.0 Å². The smallest absolute Gasteiger partial charge is 0.165 e. The molecule has 0 aliphatic heterocycles. The number of likely N-dealkylation sites (N-methyl/N-ethyl adjacent to an activating group) is 1. The van der Waals surface area contributed by atoms with E-state index in [0.29, 0.717) is 19.7 Å². The van der Waals surface area contributed by atoms with Gasteiger partial charge >= 0.3 is 0 Å². The number of ether oxygens (including phenoxy) is 2. The van der Waals surface area contributed by atoms with Gasteiger partial charge in [-0.2, -0.15) is 0 Å². The second-order valence-corrected chi connectivity index (χ2v) is 6.49. The highest BCUT2D eigenvalue weighted by Gasteiger charge is 2.11. The highest BCUT2D eigenvalue weighted by atomic mass is 19.1. The van der Waals surface area contributed by atoms with E-state index in [9.17, 15) is 9.50 Å². The molecule has 0 unspecified atom stereocenters. The summed E-state index contributed by atoms with van der Waals surface area (Å²) in [4.78, 5) is 4.21. The van der Waals surface area contributed by atoms with Crippen molar-refractivity contribution in [2.24, 2.45) is 0 Å². The van der Waals surface area contributed by atoms with Crippen molar-refractivity contribution in [1.29, 1.82) is 0 Å². The zero-order chi connectivity index (χ0) is 20.4. The third kappa shape index (κ3) is 6.39. The lowest BCUT2D eigenvalue weighted by Gasteiger charge is -2.25. The molecule has 0 aliphatic rings. The molecular formula is C22H31FN2O3. The predicted molar refractivity (Wildman–Crippen MR) is 111 cm³/mol. The molecule has 0 radical (unpaired) electrons. The predicted octanol–water partition coefficient (Wildman–Crippen LogP) is 3.55. The molecule has 0 bridgehead atoms. The number of halogens is 1. The van der Waals surface area contributed by atoms with Gasteiger partial charge in [0.25, 0.3) is 0 Å². The zero-order valence-corrected chi connectivity index (χ0v) is 17.0. The number of benzene rings is 2. The summed E-state index contributed by atoms with van der Waals surface area (Å²) in [5.41, 5.74) is 1.72. The molecule has 0 amide bonds. The SMILES string of the molecule is CCN(CC)CCOc1ccc(CN(CCO)c2cccc(OC)c2)cc1F. The number of aliphatic hydroxyl groups excluding tert-OH is 1. The van der Waals surface area contributed by atoms with Gasteiger partial charge < -0.3 is 24.4 Å². The lowest BCUT2D eigenvalue weighted by Crippen LogP contribution is -2.28. The van der Waals surface area contributed by atoms with Crippen molar-refractivity contribution in [2.45, 2.75) is 20.4 Å². The van der Waals surface area contributed by atoms with Gasteiger partial charge in [0.15, 0.2) is 11.6 Å². The fraction of sp³-hybridized carbons (Fsp3) is 0.455. The van der Waals surface area contributed by atoms with Crippen LogP contribution >= 0.6 is 0 Å². The first-order valence-electron chi connectivity index (χ1n) is 9.74. The zero-order valence-electron chi connectivity index (χ0n) is 17.0. The van der Waals surface area contributed by atoms with E-state index in [1.165, 1.54) is 6.07 Å². The summed E-state index contributed by atoms with van der Waals surface area (Å²) < 4.78 is 25.3. The molecule has 0 fully saturated rings. The number of rotatable bonds is 12. The summed E-state index contributed by atoms with van der Waals surface area (Å²) in [7, 11) is 1.61. The fourth-order valence-electron chi connectivity index (χ4n) is 3.03. The molecule has 0 heterocycles. The van der Waals surface area contributed by atoms with Gasteiger partial charge in [0.1, 0.15) is 12.4 Å². The van der Waals surface area contributed by atoms with E-state index in [1.807, 2.05) is 35.2 Å². The summed E-state index contributed by atoms with van der Waals surface area (Å²) in [6.45, 7) is 8.25. The van der Waals surface area contributed by atoms with Crippen LogP contribution in [0.5, 0.6) is 11.5 Å². The molecule has 28 heavy (non-hydrogen) atoms. The first-order valence-corrected chi connectivity index (χ1v) is 9.74. The van der Waals surface area contributed by atoms with Crippen LogP contribution in [0.1, 0.15) is 19.4 Å². The quantitative estimate of drug-likeness (QED) is 0.600. The van der Waals surface area contributed by atoms with Crippen LogP contribution in [-0.2, 0) is 6.54 Å². The summed E-state index contributed by atoms with van der Waals surface area (Å²) in [6, 6.07) is 12.6. The van der Waals surface area contributed by atoms with Gasteiger partial charge in [-0.25, -0.2) is 4.39 Å². The summed E-state index contributed by atoms with van der Waals surface area (Å²) >= 11 is 0. The molecule has 6 heteroatoms. The van der Waals surface area contributed by atoms with Crippen LogP contribution in [0.2, 0.25) is 0 Å². The maximum absolute atomic E-state index is 14.5. The lowest BCUT2D eigenvalue weighted by molar-refractivity contribution is 0.217. The van der Waals surface area contributed by atoms with Crippen molar-refractivity contribution in [3.8, 4) is 11.5 Å². The molecule has 0 saturated heterocycles. The number of hydrogen-bond acceptors (Lipinski definition) is 5. The van der Waals surface area contributed by atoms with Crippen LogP contribution in [0.3, 0.4) is 0 Å². The van der Waals surface area contributed by atoms with Crippen LogP contribution in [-0.4, -0.2) is 56.5 Å². The highest BCUT2D eigenvalue weighted by molar-refractivity contribution is 5.51. The van der Waals surface area contributed by atoms with Crippen molar-refractivity contribution in [2.75, 3.05) is 51.4 Å². The fourth-order valence-corrected chi connectivity index (χ4v) is 3.03. The van der Waals surface area contributed by atoms with Gasteiger partial charge in [0.2, 0.25) is 0 Å². The topological polar surface area (TPSA) is 45.2 Å². The summed E-state index contributed by atoms with van der Waals surface area (Å²) in [5, 5.41) is 9.41. The molecule has 154 valence electrons. The Morgan fingerprint density at radius 2 is 1.82 bits per heavy atom. The standard InChI is InChI=1S/C22H31FN2O3/c1-4-24(5-2)12-14-28-22-10-9-18(15-21(22)23)17-25(11-13-26)19-7-6-8-20(16-19)27-3/h6-10,15-16,26H,4-5,11-14,17H2,1-3H3. The molecule has 0 spiro atoms. The van der Waals surface area contributed by atoms with Gasteiger partial charge in [0, 0.05) is 31.4 Å². The normalized spacial score (nSPS) is 10.9. The molecule has 1 N–H and O–H groups in total. The number of methoxy groups -OCH3 is 1. The van der Waals surface area contributed by atoms with E-state index in [0.717, 1.165) is 36.6 Å². The van der Waals surface area contributed by atoms with Crippen LogP contribution in [0.25, 0.3) is 0 Å². The van der Waals surface area contributed by atoms with E-state index in [1.54, 1.807) is 13.2 Å². The Hall–Kier alpha value is -2.31. The van der Waals surface area contributed by atoms with E-state index < -0.39 is 0 Å². The molecule has 0 atom stereocenters. The third-order valence-corrected chi connectivity index (χ3v) is 4.72. The van der Waals surface area contributed by atoms with Gasteiger partial charge in [0.05, 0.1) is 13.7 Å². The minimum atomic E-state index is -0.369. The van der Waals surface area contributed by atoms with Crippen LogP contribution in [0.4, 0.5) is 10.1 Å². The monoisotopic (exact) mass is 390 g/mol. The number of aliphatic hydroxyl groups is 1. The van der Waals surface area contributed by atoms with E-state index in [2.05, 4.69) is 18.7 Å². The molecule has 0 aromatic heterocycles. The Morgan fingerprint density at radius 1 is 1.04 bits per heavy atom. The molecule has 0 aliphatic carbocycles. The van der Waals surface area contributed by atoms with E-state index in [4.69, 9.17) is 9.47 Å². The van der Waals surface area contributed by atoms with Crippen molar-refractivity contribution >= 4 is 5.69 Å². The Labute approximate surface area is 167 Å². The van der Waals surface area contributed by atoms with Crippen LogP contribution in [0, 0.1) is 5.82 Å². The lowest BCUT2D eigenvalue weighted by atomic mass is 10.1. The van der Waals surface area contributed by atoms with Crippen molar-refractivity contribution in [3.63, 3.8) is 0 Å². The Kier molecular flexibility index (Phi) is 9.04. The molecule has 2 rings (SSSR count). The Morgan fingerprint density at radius 3 is 2.46 bits per heavy atom. The molecule has 5 nitrogen and oxygen atoms in total. The summed E-state index contributed by atoms with van der Waals surface area (Å²) in [6.07, 6.45) is 0. The maximum atomic E-state index is 14.5. The van der Waals surface area contributed by atoms with Gasteiger partial charge in [-0.05, 0) is 42.9 Å². The first kappa shape index (κ1) is 22.0. The van der Waals surface area contributed by atoms with E-state index >= 15 is 0 Å².